The van der Waals surface area contributed by atoms with Crippen LogP contribution in [0.15, 0.2) is 18.2 Å². The van der Waals surface area contributed by atoms with Crippen LogP contribution < -0.4 is 9.47 Å². The summed E-state index contributed by atoms with van der Waals surface area (Å²) in [5.74, 6) is 1.57. The van der Waals surface area contributed by atoms with E-state index in [4.69, 9.17) is 9.47 Å². The first-order valence-electron chi connectivity index (χ1n) is 6.63. The number of benzene rings is 1. The molecule has 0 aliphatic heterocycles. The normalized spacial score (nSPS) is 12.6. The lowest BCUT2D eigenvalue weighted by atomic mass is 10.1. The highest BCUT2D eigenvalue weighted by Gasteiger charge is 2.08. The van der Waals surface area contributed by atoms with E-state index in [9.17, 15) is 5.11 Å². The summed E-state index contributed by atoms with van der Waals surface area (Å²) in [5.41, 5.74) is 1.16. The summed E-state index contributed by atoms with van der Waals surface area (Å²) in [5, 5.41) is 9.30. The van der Waals surface area contributed by atoms with Crippen molar-refractivity contribution in [2.45, 2.75) is 52.7 Å². The lowest BCUT2D eigenvalue weighted by Gasteiger charge is -2.15. The van der Waals surface area contributed by atoms with Crippen LogP contribution in [0, 0.1) is 0 Å². The Balaban J connectivity index is 2.81. The van der Waals surface area contributed by atoms with E-state index in [1.807, 2.05) is 39.0 Å². The van der Waals surface area contributed by atoms with Crippen LogP contribution in [-0.4, -0.2) is 23.9 Å². The van der Waals surface area contributed by atoms with Gasteiger partial charge < -0.3 is 14.6 Å². The number of aliphatic hydroxyl groups excluding tert-OH is 1. The first kappa shape index (κ1) is 14.8. The van der Waals surface area contributed by atoms with Gasteiger partial charge in [0.1, 0.15) is 0 Å². The SMILES string of the molecule is CCOc1cc(CCC(C)O)ccc1OC(C)C. The fourth-order valence-corrected chi connectivity index (χ4v) is 1.70. The zero-order chi connectivity index (χ0) is 13.5. The molecule has 1 rings (SSSR count). The molecule has 1 atom stereocenters. The number of rotatable bonds is 7. The van der Waals surface area contributed by atoms with Crippen molar-refractivity contribution in [1.29, 1.82) is 0 Å². The van der Waals surface area contributed by atoms with Gasteiger partial charge in [-0.15, -0.1) is 0 Å². The van der Waals surface area contributed by atoms with Gasteiger partial charge in [0.05, 0.1) is 18.8 Å². The van der Waals surface area contributed by atoms with E-state index in [0.717, 1.165) is 29.9 Å². The van der Waals surface area contributed by atoms with Crippen LogP contribution in [0.25, 0.3) is 0 Å². The molecule has 102 valence electrons. The summed E-state index contributed by atoms with van der Waals surface area (Å²) < 4.78 is 11.3. The van der Waals surface area contributed by atoms with Crippen LogP contribution in [0.2, 0.25) is 0 Å². The molecule has 0 amide bonds. The second-order valence-corrected chi connectivity index (χ2v) is 4.77. The smallest absolute Gasteiger partial charge is 0.161 e. The third-order valence-corrected chi connectivity index (χ3v) is 2.52. The van der Waals surface area contributed by atoms with Crippen LogP contribution >= 0.6 is 0 Å². The molecule has 0 saturated heterocycles. The van der Waals surface area contributed by atoms with Gasteiger partial charge in [0, 0.05) is 0 Å². The maximum atomic E-state index is 9.30. The average Bonchev–Trinajstić information content (AvgIpc) is 2.29. The molecule has 0 aliphatic carbocycles. The van der Waals surface area contributed by atoms with Crippen LogP contribution in [0.3, 0.4) is 0 Å². The second kappa shape index (κ2) is 7.27. The third-order valence-electron chi connectivity index (χ3n) is 2.52. The van der Waals surface area contributed by atoms with E-state index in [1.165, 1.54) is 0 Å². The summed E-state index contributed by atoms with van der Waals surface area (Å²) in [6.07, 6.45) is 1.47. The molecule has 0 radical (unpaired) electrons. The average molecular weight is 252 g/mol. The van der Waals surface area contributed by atoms with Crippen LogP contribution in [0.4, 0.5) is 0 Å². The Morgan fingerprint density at radius 1 is 1.17 bits per heavy atom. The van der Waals surface area contributed by atoms with Gasteiger partial charge in [-0.25, -0.2) is 0 Å². The predicted molar refractivity (Wildman–Crippen MR) is 73.4 cm³/mol. The molecule has 0 heterocycles. The molecule has 1 aromatic rings. The highest BCUT2D eigenvalue weighted by Crippen LogP contribution is 2.29. The van der Waals surface area contributed by atoms with Gasteiger partial charge in [-0.3, -0.25) is 0 Å². The number of hydrogen-bond acceptors (Lipinski definition) is 3. The highest BCUT2D eigenvalue weighted by molar-refractivity contribution is 5.43. The van der Waals surface area contributed by atoms with E-state index < -0.39 is 0 Å². The third kappa shape index (κ3) is 4.96. The van der Waals surface area contributed by atoms with Crippen molar-refractivity contribution < 1.29 is 14.6 Å². The molecule has 3 nitrogen and oxygen atoms in total. The summed E-state index contributed by atoms with van der Waals surface area (Å²) in [4.78, 5) is 0. The Hall–Kier alpha value is -1.22. The van der Waals surface area contributed by atoms with Crippen molar-refractivity contribution in [3.05, 3.63) is 23.8 Å². The fraction of sp³-hybridized carbons (Fsp3) is 0.600. The van der Waals surface area contributed by atoms with Crippen molar-refractivity contribution in [3.63, 3.8) is 0 Å². The van der Waals surface area contributed by atoms with Crippen molar-refractivity contribution in [2.24, 2.45) is 0 Å². The van der Waals surface area contributed by atoms with Gasteiger partial charge in [0.2, 0.25) is 0 Å². The predicted octanol–water partition coefficient (Wildman–Crippen LogP) is 3.19. The summed E-state index contributed by atoms with van der Waals surface area (Å²) in [6, 6.07) is 5.98. The van der Waals surface area contributed by atoms with E-state index in [2.05, 4.69) is 0 Å². The lowest BCUT2D eigenvalue weighted by Crippen LogP contribution is -2.08. The largest absolute Gasteiger partial charge is 0.490 e. The zero-order valence-electron chi connectivity index (χ0n) is 11.8. The van der Waals surface area contributed by atoms with Crippen molar-refractivity contribution in [1.82, 2.24) is 0 Å². The van der Waals surface area contributed by atoms with E-state index in [1.54, 1.807) is 6.92 Å². The fourth-order valence-electron chi connectivity index (χ4n) is 1.70. The van der Waals surface area contributed by atoms with Crippen LogP contribution in [0.5, 0.6) is 11.5 Å². The minimum atomic E-state index is -0.271. The Morgan fingerprint density at radius 2 is 1.89 bits per heavy atom. The number of aryl methyl sites for hydroxylation is 1. The topological polar surface area (TPSA) is 38.7 Å². The summed E-state index contributed by atoms with van der Waals surface area (Å²) in [6.45, 7) is 8.38. The molecule has 3 heteroatoms. The monoisotopic (exact) mass is 252 g/mol. The highest BCUT2D eigenvalue weighted by atomic mass is 16.5. The molecule has 0 aliphatic rings. The minimum Gasteiger partial charge on any atom is -0.490 e. The van der Waals surface area contributed by atoms with Crippen molar-refractivity contribution in [3.8, 4) is 11.5 Å². The number of aliphatic hydroxyl groups is 1. The molecular formula is C15H24O3. The van der Waals surface area contributed by atoms with E-state index in [-0.39, 0.29) is 12.2 Å². The molecule has 0 saturated carbocycles. The Bertz CT molecular complexity index is 359. The number of ether oxygens (including phenoxy) is 2. The second-order valence-electron chi connectivity index (χ2n) is 4.77. The number of hydrogen-bond donors (Lipinski definition) is 1. The standard InChI is InChI=1S/C15H24O3/c1-5-17-15-10-13(7-6-12(4)16)8-9-14(15)18-11(2)3/h8-12,16H,5-7H2,1-4H3. The molecule has 18 heavy (non-hydrogen) atoms. The molecule has 0 bridgehead atoms. The summed E-state index contributed by atoms with van der Waals surface area (Å²) in [7, 11) is 0. The Kier molecular flexibility index (Phi) is 5.99. The Morgan fingerprint density at radius 3 is 2.44 bits per heavy atom. The summed E-state index contributed by atoms with van der Waals surface area (Å²) >= 11 is 0. The first-order chi connectivity index (χ1) is 8.52. The quantitative estimate of drug-likeness (QED) is 0.810. The van der Waals surface area contributed by atoms with Gasteiger partial charge in [-0.2, -0.15) is 0 Å². The van der Waals surface area contributed by atoms with Gasteiger partial charge in [-0.1, -0.05) is 6.07 Å². The zero-order valence-corrected chi connectivity index (χ0v) is 11.8. The molecule has 1 unspecified atom stereocenters. The van der Waals surface area contributed by atoms with Crippen LogP contribution in [0.1, 0.15) is 39.7 Å². The van der Waals surface area contributed by atoms with E-state index >= 15 is 0 Å². The van der Waals surface area contributed by atoms with Gasteiger partial charge in [-0.05, 0) is 58.2 Å². The molecule has 0 spiro atoms. The van der Waals surface area contributed by atoms with Crippen molar-refractivity contribution in [2.75, 3.05) is 6.61 Å². The maximum absolute atomic E-state index is 9.30. The Labute approximate surface area is 110 Å². The van der Waals surface area contributed by atoms with Gasteiger partial charge in [0.15, 0.2) is 11.5 Å². The molecule has 0 aromatic heterocycles. The molecular weight excluding hydrogens is 228 g/mol. The first-order valence-corrected chi connectivity index (χ1v) is 6.63. The molecule has 1 N–H and O–H groups in total. The lowest BCUT2D eigenvalue weighted by molar-refractivity contribution is 0.185. The van der Waals surface area contributed by atoms with Crippen molar-refractivity contribution >= 4 is 0 Å². The van der Waals surface area contributed by atoms with E-state index in [0.29, 0.717) is 6.61 Å². The van der Waals surface area contributed by atoms with Crippen LogP contribution in [-0.2, 0) is 6.42 Å². The molecule has 0 fully saturated rings. The van der Waals surface area contributed by atoms with Gasteiger partial charge >= 0.3 is 0 Å². The van der Waals surface area contributed by atoms with Gasteiger partial charge in [0.25, 0.3) is 0 Å². The minimum absolute atomic E-state index is 0.132. The molecule has 1 aromatic carbocycles. The maximum Gasteiger partial charge on any atom is 0.161 e.